The van der Waals surface area contributed by atoms with Gasteiger partial charge in [0.05, 0.1) is 14.2 Å². The zero-order valence-electron chi connectivity index (χ0n) is 15.5. The number of urea groups is 1. The van der Waals surface area contributed by atoms with Crippen LogP contribution in [-0.2, 0) is 17.6 Å². The minimum absolute atomic E-state index is 0.280. The maximum absolute atomic E-state index is 12.5. The molecule has 2 aromatic carbocycles. The first-order valence-corrected chi connectivity index (χ1v) is 8.62. The van der Waals surface area contributed by atoms with Crippen LogP contribution >= 0.6 is 0 Å². The van der Waals surface area contributed by atoms with Gasteiger partial charge in [0.2, 0.25) is 5.91 Å². The summed E-state index contributed by atoms with van der Waals surface area (Å²) < 4.78 is 10.5. The lowest BCUT2D eigenvalue weighted by Crippen LogP contribution is -2.50. The third-order valence-electron chi connectivity index (χ3n) is 4.08. The van der Waals surface area contributed by atoms with Gasteiger partial charge in [-0.15, -0.1) is 0 Å². The van der Waals surface area contributed by atoms with Gasteiger partial charge in [0, 0.05) is 13.0 Å². The number of benzene rings is 2. The van der Waals surface area contributed by atoms with E-state index in [-0.39, 0.29) is 5.91 Å². The monoisotopic (exact) mass is 371 g/mol. The molecule has 0 aliphatic heterocycles. The van der Waals surface area contributed by atoms with Crippen LogP contribution in [0.1, 0.15) is 11.1 Å². The quantitative estimate of drug-likeness (QED) is 0.623. The second-order valence-electron chi connectivity index (χ2n) is 5.98. The Hall–Kier alpha value is -3.22. The average molecular weight is 371 g/mol. The molecule has 0 radical (unpaired) electrons. The van der Waals surface area contributed by atoms with E-state index in [0.717, 1.165) is 11.1 Å². The van der Waals surface area contributed by atoms with E-state index in [4.69, 9.17) is 15.2 Å². The van der Waals surface area contributed by atoms with E-state index in [1.165, 1.54) is 0 Å². The fourth-order valence-electron chi connectivity index (χ4n) is 2.72. The van der Waals surface area contributed by atoms with Gasteiger partial charge in [0.25, 0.3) is 0 Å². The summed E-state index contributed by atoms with van der Waals surface area (Å²) >= 11 is 0. The SMILES string of the molecule is COc1ccc(CCNC(=O)C(Cc2ccccc2)NC(N)=O)cc1OC. The van der Waals surface area contributed by atoms with Crippen LogP contribution in [0.3, 0.4) is 0 Å². The predicted octanol–water partition coefficient (Wildman–Crippen LogP) is 1.64. The lowest BCUT2D eigenvalue weighted by molar-refractivity contribution is -0.122. The molecule has 1 unspecified atom stereocenters. The maximum Gasteiger partial charge on any atom is 0.312 e. The van der Waals surface area contributed by atoms with Crippen molar-refractivity contribution in [1.29, 1.82) is 0 Å². The summed E-state index contributed by atoms with van der Waals surface area (Å²) in [4.78, 5) is 23.7. The number of hydrogen-bond acceptors (Lipinski definition) is 4. The first kappa shape index (κ1) is 20.1. The van der Waals surface area contributed by atoms with Gasteiger partial charge in [-0.05, 0) is 29.7 Å². The molecule has 0 saturated carbocycles. The molecule has 7 heteroatoms. The van der Waals surface area contributed by atoms with Crippen LogP contribution in [0.5, 0.6) is 11.5 Å². The van der Waals surface area contributed by atoms with Crippen molar-refractivity contribution in [3.8, 4) is 11.5 Å². The standard InChI is InChI=1S/C20H25N3O4/c1-26-17-9-8-15(13-18(17)27-2)10-11-22-19(24)16(23-20(21)25)12-14-6-4-3-5-7-14/h3-9,13,16H,10-12H2,1-2H3,(H,22,24)(H3,21,23,25). The smallest absolute Gasteiger partial charge is 0.312 e. The topological polar surface area (TPSA) is 103 Å². The van der Waals surface area contributed by atoms with E-state index in [2.05, 4.69) is 10.6 Å². The highest BCUT2D eigenvalue weighted by Crippen LogP contribution is 2.27. The second-order valence-corrected chi connectivity index (χ2v) is 5.98. The number of hydrogen-bond donors (Lipinski definition) is 3. The van der Waals surface area contributed by atoms with Crippen LogP contribution in [0, 0.1) is 0 Å². The Kier molecular flexibility index (Phi) is 7.49. The van der Waals surface area contributed by atoms with Crippen LogP contribution in [0.4, 0.5) is 4.79 Å². The molecular weight excluding hydrogens is 346 g/mol. The molecule has 0 saturated heterocycles. The largest absolute Gasteiger partial charge is 0.493 e. The third-order valence-corrected chi connectivity index (χ3v) is 4.08. The molecule has 0 aliphatic carbocycles. The summed E-state index contributed by atoms with van der Waals surface area (Å²) in [5.41, 5.74) is 7.14. The predicted molar refractivity (Wildman–Crippen MR) is 103 cm³/mol. The van der Waals surface area contributed by atoms with Crippen LogP contribution in [0.25, 0.3) is 0 Å². The van der Waals surface area contributed by atoms with Crippen LogP contribution in [0.15, 0.2) is 48.5 Å². The summed E-state index contributed by atoms with van der Waals surface area (Å²) in [5, 5.41) is 5.34. The van der Waals surface area contributed by atoms with E-state index in [0.29, 0.717) is 30.9 Å². The second kappa shape index (κ2) is 10.1. The molecule has 0 aromatic heterocycles. The average Bonchev–Trinajstić information content (AvgIpc) is 2.67. The van der Waals surface area contributed by atoms with Gasteiger partial charge in [-0.3, -0.25) is 4.79 Å². The number of amides is 3. The first-order chi connectivity index (χ1) is 13.0. The summed E-state index contributed by atoms with van der Waals surface area (Å²) in [5.74, 6) is 1.01. The molecule has 27 heavy (non-hydrogen) atoms. The van der Waals surface area contributed by atoms with Crippen molar-refractivity contribution in [3.63, 3.8) is 0 Å². The highest BCUT2D eigenvalue weighted by molar-refractivity contribution is 5.86. The molecular formula is C20H25N3O4. The van der Waals surface area contributed by atoms with Gasteiger partial charge in [0.15, 0.2) is 11.5 Å². The molecule has 144 valence electrons. The van der Waals surface area contributed by atoms with Crippen molar-refractivity contribution in [3.05, 3.63) is 59.7 Å². The Bertz CT molecular complexity index is 765. The fourth-order valence-corrected chi connectivity index (χ4v) is 2.72. The molecule has 1 atom stereocenters. The van der Waals surface area contributed by atoms with Crippen LogP contribution in [-0.4, -0.2) is 38.7 Å². The molecule has 2 aromatic rings. The molecule has 7 nitrogen and oxygen atoms in total. The molecule has 4 N–H and O–H groups in total. The molecule has 3 amide bonds. The zero-order chi connectivity index (χ0) is 19.6. The number of nitrogens with one attached hydrogen (secondary N) is 2. The number of primary amides is 1. The molecule has 0 spiro atoms. The summed E-state index contributed by atoms with van der Waals surface area (Å²) in [6.45, 7) is 0.417. The maximum atomic E-state index is 12.5. The van der Waals surface area contributed by atoms with E-state index in [1.807, 2.05) is 48.5 Å². The number of rotatable bonds is 9. The highest BCUT2D eigenvalue weighted by atomic mass is 16.5. The first-order valence-electron chi connectivity index (χ1n) is 8.62. The molecule has 2 rings (SSSR count). The van der Waals surface area contributed by atoms with Gasteiger partial charge in [-0.25, -0.2) is 4.79 Å². The van der Waals surface area contributed by atoms with Crippen molar-refractivity contribution in [2.45, 2.75) is 18.9 Å². The summed E-state index contributed by atoms with van der Waals surface area (Å²) in [6, 6.07) is 13.6. The summed E-state index contributed by atoms with van der Waals surface area (Å²) in [6.07, 6.45) is 0.979. The molecule has 0 heterocycles. The minimum atomic E-state index is -0.731. The van der Waals surface area contributed by atoms with Gasteiger partial charge in [-0.1, -0.05) is 36.4 Å². The Labute approximate surface area is 158 Å². The Morgan fingerprint density at radius 2 is 1.70 bits per heavy atom. The molecule has 0 fully saturated rings. The van der Waals surface area contributed by atoms with E-state index in [1.54, 1.807) is 14.2 Å². The third kappa shape index (κ3) is 6.22. The number of nitrogens with two attached hydrogens (primary N) is 1. The van der Waals surface area contributed by atoms with Crippen LogP contribution in [0.2, 0.25) is 0 Å². The number of carbonyl (C=O) groups is 2. The fraction of sp³-hybridized carbons (Fsp3) is 0.300. The number of carbonyl (C=O) groups excluding carboxylic acids is 2. The number of methoxy groups -OCH3 is 2. The van der Waals surface area contributed by atoms with Crippen molar-refractivity contribution >= 4 is 11.9 Å². The van der Waals surface area contributed by atoms with Crippen molar-refractivity contribution in [1.82, 2.24) is 10.6 Å². The van der Waals surface area contributed by atoms with Gasteiger partial charge >= 0.3 is 6.03 Å². The number of ether oxygens (including phenoxy) is 2. The van der Waals surface area contributed by atoms with E-state index >= 15 is 0 Å². The van der Waals surface area contributed by atoms with Gasteiger partial charge in [0.1, 0.15) is 6.04 Å². The highest BCUT2D eigenvalue weighted by Gasteiger charge is 2.19. The van der Waals surface area contributed by atoms with Crippen molar-refractivity contribution < 1.29 is 19.1 Å². The Morgan fingerprint density at radius 1 is 1.00 bits per heavy atom. The van der Waals surface area contributed by atoms with Gasteiger partial charge in [-0.2, -0.15) is 0 Å². The van der Waals surface area contributed by atoms with Gasteiger partial charge < -0.3 is 25.8 Å². The minimum Gasteiger partial charge on any atom is -0.493 e. The van der Waals surface area contributed by atoms with E-state index < -0.39 is 12.1 Å². The van der Waals surface area contributed by atoms with Crippen molar-refractivity contribution in [2.75, 3.05) is 20.8 Å². The molecule has 0 aliphatic rings. The van der Waals surface area contributed by atoms with Crippen LogP contribution < -0.4 is 25.8 Å². The molecule has 0 bridgehead atoms. The normalized spacial score (nSPS) is 11.3. The zero-order valence-corrected chi connectivity index (χ0v) is 15.5. The lowest BCUT2D eigenvalue weighted by atomic mass is 10.1. The Morgan fingerprint density at radius 3 is 2.33 bits per heavy atom. The lowest BCUT2D eigenvalue weighted by Gasteiger charge is -2.17. The van der Waals surface area contributed by atoms with Crippen molar-refractivity contribution in [2.24, 2.45) is 5.73 Å². The summed E-state index contributed by atoms with van der Waals surface area (Å²) in [7, 11) is 3.16. The van der Waals surface area contributed by atoms with E-state index in [9.17, 15) is 9.59 Å². The Balaban J connectivity index is 1.94.